The van der Waals surface area contributed by atoms with E-state index < -0.39 is 0 Å². The van der Waals surface area contributed by atoms with Gasteiger partial charge < -0.3 is 9.67 Å². The lowest BCUT2D eigenvalue weighted by molar-refractivity contribution is 0.214. The molecule has 1 unspecified atom stereocenters. The average molecular weight is 290 g/mol. The first kappa shape index (κ1) is 14.7. The molecule has 1 N–H and O–H groups in total. The molecule has 21 heavy (non-hydrogen) atoms. The van der Waals surface area contributed by atoms with Crippen LogP contribution in [0.15, 0.2) is 11.6 Å². The van der Waals surface area contributed by atoms with Crippen LogP contribution >= 0.6 is 0 Å². The van der Waals surface area contributed by atoms with E-state index in [2.05, 4.69) is 21.2 Å². The normalized spacial score (nSPS) is 24.1. The molecule has 0 aromatic carbocycles. The number of hydrogen-bond acceptors (Lipinski definition) is 4. The maximum Gasteiger partial charge on any atom is 0.158 e. The monoisotopic (exact) mass is 290 g/mol. The SMILES string of the molecule is Cn1c(CO)nnc1C1CCCN(CC2=CCCCC2)C1. The Morgan fingerprint density at radius 1 is 1.29 bits per heavy atom. The zero-order chi connectivity index (χ0) is 14.7. The number of aromatic nitrogens is 3. The standard InChI is InChI=1S/C16H26N4O/c1-19-15(12-21)17-18-16(19)14-8-5-9-20(11-14)10-13-6-3-2-4-7-13/h6,14,21H,2-5,7-12H2,1H3. The fourth-order valence-electron chi connectivity index (χ4n) is 3.61. The minimum Gasteiger partial charge on any atom is -0.388 e. The van der Waals surface area contributed by atoms with Gasteiger partial charge in [0.05, 0.1) is 0 Å². The molecule has 3 rings (SSSR count). The lowest BCUT2D eigenvalue weighted by atomic mass is 9.94. The highest BCUT2D eigenvalue weighted by molar-refractivity contribution is 5.09. The van der Waals surface area contributed by atoms with E-state index in [0.717, 1.165) is 18.9 Å². The van der Waals surface area contributed by atoms with Gasteiger partial charge in [0.15, 0.2) is 5.82 Å². The summed E-state index contributed by atoms with van der Waals surface area (Å²) < 4.78 is 1.97. The summed E-state index contributed by atoms with van der Waals surface area (Å²) in [7, 11) is 1.96. The topological polar surface area (TPSA) is 54.2 Å². The smallest absolute Gasteiger partial charge is 0.158 e. The van der Waals surface area contributed by atoms with E-state index in [-0.39, 0.29) is 6.61 Å². The minimum absolute atomic E-state index is 0.0349. The fourth-order valence-corrected chi connectivity index (χ4v) is 3.61. The molecule has 0 amide bonds. The third-order valence-corrected chi connectivity index (χ3v) is 4.82. The predicted octanol–water partition coefficient (Wildman–Crippen LogP) is 1.99. The van der Waals surface area contributed by atoms with E-state index in [9.17, 15) is 5.11 Å². The van der Waals surface area contributed by atoms with Crippen molar-refractivity contribution in [3.8, 4) is 0 Å². The van der Waals surface area contributed by atoms with Crippen LogP contribution in [-0.2, 0) is 13.7 Å². The summed E-state index contributed by atoms with van der Waals surface area (Å²) >= 11 is 0. The molecule has 2 heterocycles. The summed E-state index contributed by atoms with van der Waals surface area (Å²) in [5.74, 6) is 2.14. The van der Waals surface area contributed by atoms with Crippen molar-refractivity contribution in [1.82, 2.24) is 19.7 Å². The number of nitrogens with zero attached hydrogens (tertiary/aromatic N) is 4. The molecule has 1 aromatic heterocycles. The van der Waals surface area contributed by atoms with E-state index >= 15 is 0 Å². The summed E-state index contributed by atoms with van der Waals surface area (Å²) in [4.78, 5) is 2.57. The highest BCUT2D eigenvalue weighted by atomic mass is 16.3. The van der Waals surface area contributed by atoms with E-state index in [1.807, 2.05) is 11.6 Å². The molecule has 5 nitrogen and oxygen atoms in total. The minimum atomic E-state index is -0.0349. The van der Waals surface area contributed by atoms with Crippen LogP contribution in [0.3, 0.4) is 0 Å². The summed E-state index contributed by atoms with van der Waals surface area (Å²) in [6, 6.07) is 0. The quantitative estimate of drug-likeness (QED) is 0.862. The van der Waals surface area contributed by atoms with Crippen molar-refractivity contribution < 1.29 is 5.11 Å². The van der Waals surface area contributed by atoms with Crippen molar-refractivity contribution in [1.29, 1.82) is 0 Å². The second-order valence-corrected chi connectivity index (χ2v) is 6.37. The van der Waals surface area contributed by atoms with Crippen molar-refractivity contribution in [3.05, 3.63) is 23.3 Å². The van der Waals surface area contributed by atoms with Crippen molar-refractivity contribution in [2.24, 2.45) is 7.05 Å². The maximum absolute atomic E-state index is 9.26. The zero-order valence-electron chi connectivity index (χ0n) is 13.0. The Hall–Kier alpha value is -1.20. The fraction of sp³-hybridized carbons (Fsp3) is 0.750. The predicted molar refractivity (Wildman–Crippen MR) is 81.9 cm³/mol. The van der Waals surface area contributed by atoms with Crippen LogP contribution in [0.5, 0.6) is 0 Å². The molecule has 1 saturated heterocycles. The highest BCUT2D eigenvalue weighted by Gasteiger charge is 2.26. The van der Waals surface area contributed by atoms with Crippen LogP contribution in [0, 0.1) is 0 Å². The van der Waals surface area contributed by atoms with Crippen molar-refractivity contribution in [2.45, 2.75) is 51.0 Å². The number of rotatable bonds is 4. The van der Waals surface area contributed by atoms with Gasteiger partial charge >= 0.3 is 0 Å². The van der Waals surface area contributed by atoms with Crippen LogP contribution in [0.1, 0.15) is 56.1 Å². The van der Waals surface area contributed by atoms with E-state index in [1.165, 1.54) is 45.1 Å². The lowest BCUT2D eigenvalue weighted by Crippen LogP contribution is -2.36. The molecule has 1 aliphatic carbocycles. The molecular formula is C16H26N4O. The van der Waals surface area contributed by atoms with E-state index in [1.54, 1.807) is 5.57 Å². The third-order valence-electron chi connectivity index (χ3n) is 4.82. The molecule has 0 spiro atoms. The number of piperidine rings is 1. The zero-order valence-corrected chi connectivity index (χ0v) is 13.0. The van der Waals surface area contributed by atoms with Crippen molar-refractivity contribution >= 4 is 0 Å². The molecule has 116 valence electrons. The Morgan fingerprint density at radius 2 is 2.19 bits per heavy atom. The molecule has 2 aliphatic rings. The Kier molecular flexibility index (Phi) is 4.70. The van der Waals surface area contributed by atoms with Gasteiger partial charge in [0, 0.05) is 26.1 Å². The third kappa shape index (κ3) is 3.35. The molecular weight excluding hydrogens is 264 g/mol. The number of aliphatic hydroxyl groups is 1. The van der Waals surface area contributed by atoms with Crippen LogP contribution in [0.2, 0.25) is 0 Å². The van der Waals surface area contributed by atoms with Gasteiger partial charge in [-0.25, -0.2) is 0 Å². The molecule has 0 radical (unpaired) electrons. The number of likely N-dealkylation sites (tertiary alicyclic amines) is 1. The van der Waals surface area contributed by atoms with Gasteiger partial charge in [-0.15, -0.1) is 10.2 Å². The number of allylic oxidation sites excluding steroid dienone is 1. The first-order valence-corrected chi connectivity index (χ1v) is 8.17. The molecule has 1 fully saturated rings. The summed E-state index contributed by atoms with van der Waals surface area (Å²) in [5.41, 5.74) is 1.62. The van der Waals surface area contributed by atoms with Crippen LogP contribution < -0.4 is 0 Å². The summed E-state index contributed by atoms with van der Waals surface area (Å²) in [5, 5.41) is 17.6. The van der Waals surface area contributed by atoms with Crippen LogP contribution in [0.4, 0.5) is 0 Å². The lowest BCUT2D eigenvalue weighted by Gasteiger charge is -2.33. The van der Waals surface area contributed by atoms with E-state index in [4.69, 9.17) is 0 Å². The van der Waals surface area contributed by atoms with Crippen LogP contribution in [0.25, 0.3) is 0 Å². The number of hydrogen-bond donors (Lipinski definition) is 1. The van der Waals surface area contributed by atoms with Crippen molar-refractivity contribution in [3.63, 3.8) is 0 Å². The van der Waals surface area contributed by atoms with Gasteiger partial charge in [-0.3, -0.25) is 4.90 Å². The summed E-state index contributed by atoms with van der Waals surface area (Å²) in [6.45, 7) is 3.35. The van der Waals surface area contributed by atoms with Gasteiger partial charge in [-0.1, -0.05) is 11.6 Å². The van der Waals surface area contributed by atoms with Gasteiger partial charge in [0.1, 0.15) is 12.4 Å². The first-order chi connectivity index (χ1) is 10.3. The van der Waals surface area contributed by atoms with Gasteiger partial charge in [0.2, 0.25) is 0 Å². The second kappa shape index (κ2) is 6.71. The Labute approximate surface area is 126 Å². The molecule has 0 saturated carbocycles. The van der Waals surface area contributed by atoms with E-state index in [0.29, 0.717) is 11.7 Å². The largest absolute Gasteiger partial charge is 0.388 e. The highest BCUT2D eigenvalue weighted by Crippen LogP contribution is 2.27. The second-order valence-electron chi connectivity index (χ2n) is 6.37. The van der Waals surface area contributed by atoms with Gasteiger partial charge in [-0.05, 0) is 45.1 Å². The molecule has 1 aliphatic heterocycles. The summed E-state index contributed by atoms with van der Waals surface area (Å²) in [6.07, 6.45) is 10.1. The van der Waals surface area contributed by atoms with Crippen LogP contribution in [-0.4, -0.2) is 44.4 Å². The Balaban J connectivity index is 1.65. The Bertz CT molecular complexity index is 508. The Morgan fingerprint density at radius 3 is 2.90 bits per heavy atom. The molecule has 1 atom stereocenters. The maximum atomic E-state index is 9.26. The van der Waals surface area contributed by atoms with Crippen molar-refractivity contribution in [2.75, 3.05) is 19.6 Å². The number of aliphatic hydroxyl groups excluding tert-OH is 1. The van der Waals surface area contributed by atoms with Gasteiger partial charge in [-0.2, -0.15) is 0 Å². The average Bonchev–Trinajstić information content (AvgIpc) is 2.89. The molecule has 5 heteroatoms. The molecule has 1 aromatic rings. The van der Waals surface area contributed by atoms with Gasteiger partial charge in [0.25, 0.3) is 0 Å². The first-order valence-electron chi connectivity index (χ1n) is 8.17. The molecule has 0 bridgehead atoms.